The Hall–Kier alpha value is -1.06. The molecule has 0 spiro atoms. The van der Waals surface area contributed by atoms with Gasteiger partial charge >= 0.3 is 5.97 Å². The van der Waals surface area contributed by atoms with Gasteiger partial charge in [0.2, 0.25) is 5.91 Å². The van der Waals surface area contributed by atoms with Crippen molar-refractivity contribution < 1.29 is 14.7 Å². The van der Waals surface area contributed by atoms with Crippen molar-refractivity contribution in [1.82, 2.24) is 4.90 Å². The monoisotopic (exact) mass is 203 g/mol. The molecule has 1 atom stereocenters. The second kappa shape index (κ2) is 8.53. The van der Waals surface area contributed by atoms with E-state index in [1.165, 1.54) is 11.8 Å². The molecule has 0 aliphatic rings. The minimum atomic E-state index is -0.842. The van der Waals surface area contributed by atoms with E-state index in [0.29, 0.717) is 13.0 Å². The van der Waals surface area contributed by atoms with E-state index >= 15 is 0 Å². The van der Waals surface area contributed by atoms with Crippen LogP contribution in [0.25, 0.3) is 0 Å². The van der Waals surface area contributed by atoms with Gasteiger partial charge in [-0.1, -0.05) is 20.8 Å². The lowest BCUT2D eigenvalue weighted by atomic mass is 10.1. The zero-order chi connectivity index (χ0) is 11.7. The Morgan fingerprint density at radius 1 is 1.36 bits per heavy atom. The summed E-state index contributed by atoms with van der Waals surface area (Å²) in [5, 5.41) is 8.67. The Morgan fingerprint density at radius 2 is 1.79 bits per heavy atom. The van der Waals surface area contributed by atoms with Crippen LogP contribution in [0, 0.1) is 5.92 Å². The summed E-state index contributed by atoms with van der Waals surface area (Å²) in [6, 6.07) is 0. The highest BCUT2D eigenvalue weighted by atomic mass is 16.4. The van der Waals surface area contributed by atoms with E-state index in [9.17, 15) is 9.59 Å². The number of carboxylic acids is 1. The first-order chi connectivity index (χ1) is 6.49. The van der Waals surface area contributed by atoms with Gasteiger partial charge in [0.1, 0.15) is 0 Å². The van der Waals surface area contributed by atoms with Crippen LogP contribution in [-0.2, 0) is 9.59 Å². The topological polar surface area (TPSA) is 57.6 Å². The predicted molar refractivity (Wildman–Crippen MR) is 56.1 cm³/mol. The number of rotatable bonds is 4. The highest BCUT2D eigenvalue weighted by Crippen LogP contribution is 2.04. The molecule has 0 aromatic heterocycles. The third-order valence-corrected chi connectivity index (χ3v) is 1.87. The number of aliphatic carboxylic acids is 1. The van der Waals surface area contributed by atoms with E-state index < -0.39 is 11.9 Å². The molecule has 0 heterocycles. The first kappa shape index (κ1) is 15.4. The van der Waals surface area contributed by atoms with E-state index in [2.05, 4.69) is 0 Å². The molecular formula is C10H21NO3. The molecule has 14 heavy (non-hydrogen) atoms. The summed E-state index contributed by atoms with van der Waals surface area (Å²) in [6.45, 7) is 7.52. The minimum absolute atomic E-state index is 0.102. The van der Waals surface area contributed by atoms with Crippen molar-refractivity contribution in [2.24, 2.45) is 5.92 Å². The van der Waals surface area contributed by atoms with E-state index in [-0.39, 0.29) is 5.91 Å². The molecule has 0 radical (unpaired) electrons. The SMILES string of the molecule is CC.CCC(CN(C)C(C)=O)C(=O)O. The number of hydrogen-bond acceptors (Lipinski definition) is 2. The molecule has 0 aromatic rings. The Morgan fingerprint density at radius 3 is 2.00 bits per heavy atom. The average molecular weight is 203 g/mol. The lowest BCUT2D eigenvalue weighted by Gasteiger charge is -2.18. The normalized spacial score (nSPS) is 10.9. The highest BCUT2D eigenvalue weighted by molar-refractivity contribution is 5.75. The van der Waals surface area contributed by atoms with Crippen molar-refractivity contribution in [3.05, 3.63) is 0 Å². The quantitative estimate of drug-likeness (QED) is 0.755. The van der Waals surface area contributed by atoms with Gasteiger partial charge in [0.15, 0.2) is 0 Å². The number of carbonyl (C=O) groups is 2. The maximum atomic E-state index is 10.8. The molecule has 0 bridgehead atoms. The molecule has 0 aromatic carbocycles. The van der Waals surface area contributed by atoms with Crippen LogP contribution in [0.15, 0.2) is 0 Å². The first-order valence-electron chi connectivity index (χ1n) is 4.93. The molecule has 0 rings (SSSR count). The lowest BCUT2D eigenvalue weighted by Crippen LogP contribution is -2.33. The summed E-state index contributed by atoms with van der Waals surface area (Å²) >= 11 is 0. The third-order valence-electron chi connectivity index (χ3n) is 1.87. The van der Waals surface area contributed by atoms with Gasteiger partial charge in [-0.05, 0) is 6.42 Å². The van der Waals surface area contributed by atoms with Gasteiger partial charge in [0, 0.05) is 20.5 Å². The van der Waals surface area contributed by atoms with Crippen LogP contribution in [0.2, 0.25) is 0 Å². The number of carboxylic acid groups (broad SMARTS) is 1. The van der Waals surface area contributed by atoms with Crippen LogP contribution < -0.4 is 0 Å². The van der Waals surface area contributed by atoms with Gasteiger partial charge in [0.25, 0.3) is 0 Å². The number of carbonyl (C=O) groups excluding carboxylic acids is 1. The minimum Gasteiger partial charge on any atom is -0.481 e. The van der Waals surface area contributed by atoms with Crippen LogP contribution in [0.3, 0.4) is 0 Å². The number of hydrogen-bond donors (Lipinski definition) is 1. The van der Waals surface area contributed by atoms with E-state index in [1.807, 2.05) is 13.8 Å². The van der Waals surface area contributed by atoms with Crippen molar-refractivity contribution in [3.63, 3.8) is 0 Å². The predicted octanol–water partition coefficient (Wildman–Crippen LogP) is 1.60. The van der Waals surface area contributed by atoms with Crippen molar-refractivity contribution >= 4 is 11.9 Å². The first-order valence-corrected chi connectivity index (χ1v) is 4.93. The molecule has 1 N–H and O–H groups in total. The van der Waals surface area contributed by atoms with E-state index in [0.717, 1.165) is 0 Å². The second-order valence-corrected chi connectivity index (χ2v) is 2.84. The Bertz CT molecular complexity index is 180. The van der Waals surface area contributed by atoms with Gasteiger partial charge in [-0.15, -0.1) is 0 Å². The standard InChI is InChI=1S/C8H15NO3.C2H6/c1-4-7(8(11)12)5-9(3)6(2)10;1-2/h7H,4-5H2,1-3H3,(H,11,12);1-2H3. The Kier molecular flexibility index (Phi) is 9.40. The molecular weight excluding hydrogens is 182 g/mol. The smallest absolute Gasteiger partial charge is 0.308 e. The number of amides is 1. The van der Waals surface area contributed by atoms with Gasteiger partial charge in [-0.2, -0.15) is 0 Å². The fourth-order valence-electron chi connectivity index (χ4n) is 0.841. The molecule has 0 fully saturated rings. The summed E-state index contributed by atoms with van der Waals surface area (Å²) in [7, 11) is 1.61. The maximum Gasteiger partial charge on any atom is 0.308 e. The Labute approximate surface area is 85.9 Å². The fourth-order valence-corrected chi connectivity index (χ4v) is 0.841. The van der Waals surface area contributed by atoms with Gasteiger partial charge < -0.3 is 10.0 Å². The molecule has 0 saturated carbocycles. The summed E-state index contributed by atoms with van der Waals surface area (Å²) in [6.07, 6.45) is 0.549. The largest absolute Gasteiger partial charge is 0.481 e. The van der Waals surface area contributed by atoms with E-state index in [1.54, 1.807) is 14.0 Å². The van der Waals surface area contributed by atoms with Crippen LogP contribution >= 0.6 is 0 Å². The molecule has 84 valence electrons. The van der Waals surface area contributed by atoms with Crippen molar-refractivity contribution in [3.8, 4) is 0 Å². The molecule has 0 aliphatic heterocycles. The summed E-state index contributed by atoms with van der Waals surface area (Å²) in [5.41, 5.74) is 0. The maximum absolute atomic E-state index is 10.8. The molecule has 1 amide bonds. The fraction of sp³-hybridized carbons (Fsp3) is 0.800. The summed E-state index contributed by atoms with van der Waals surface area (Å²) in [4.78, 5) is 22.7. The van der Waals surface area contributed by atoms with Crippen LogP contribution in [-0.4, -0.2) is 35.5 Å². The van der Waals surface area contributed by atoms with Crippen molar-refractivity contribution in [1.29, 1.82) is 0 Å². The molecule has 0 aliphatic carbocycles. The van der Waals surface area contributed by atoms with Crippen LogP contribution in [0.4, 0.5) is 0 Å². The van der Waals surface area contributed by atoms with Gasteiger partial charge in [-0.3, -0.25) is 9.59 Å². The lowest BCUT2D eigenvalue weighted by molar-refractivity contribution is -0.143. The average Bonchev–Trinajstić information content (AvgIpc) is 2.16. The van der Waals surface area contributed by atoms with Gasteiger partial charge in [-0.25, -0.2) is 0 Å². The molecule has 0 saturated heterocycles. The third kappa shape index (κ3) is 6.46. The van der Waals surface area contributed by atoms with Crippen LogP contribution in [0.1, 0.15) is 34.1 Å². The van der Waals surface area contributed by atoms with Gasteiger partial charge in [0.05, 0.1) is 5.92 Å². The zero-order valence-electron chi connectivity index (χ0n) is 9.70. The summed E-state index contributed by atoms with van der Waals surface area (Å²) < 4.78 is 0. The highest BCUT2D eigenvalue weighted by Gasteiger charge is 2.17. The van der Waals surface area contributed by atoms with Crippen molar-refractivity contribution in [2.75, 3.05) is 13.6 Å². The Balaban J connectivity index is 0. The van der Waals surface area contributed by atoms with E-state index in [4.69, 9.17) is 5.11 Å². The zero-order valence-corrected chi connectivity index (χ0v) is 9.70. The molecule has 4 heteroatoms. The second-order valence-electron chi connectivity index (χ2n) is 2.84. The number of nitrogens with zero attached hydrogens (tertiary/aromatic N) is 1. The van der Waals surface area contributed by atoms with Crippen LogP contribution in [0.5, 0.6) is 0 Å². The summed E-state index contributed by atoms with van der Waals surface area (Å²) in [5.74, 6) is -1.39. The molecule has 1 unspecified atom stereocenters. The molecule has 4 nitrogen and oxygen atoms in total. The van der Waals surface area contributed by atoms with Crippen molar-refractivity contribution in [2.45, 2.75) is 34.1 Å².